The Balaban J connectivity index is 1.54. The second kappa shape index (κ2) is 8.93. The Morgan fingerprint density at radius 2 is 2.00 bits per heavy atom. The average molecular weight is 461 g/mol. The lowest BCUT2D eigenvalue weighted by Gasteiger charge is -2.14. The van der Waals surface area contributed by atoms with E-state index < -0.39 is 35.9 Å². The summed E-state index contributed by atoms with van der Waals surface area (Å²) in [4.78, 5) is 29.1. The number of rotatable bonds is 6. The molecular formula is C18H12ClF3N2O3S2. The number of nitrogens with one attached hydrogen (secondary N) is 1. The standard InChI is InChI=1S/C18H12ClF3N2O3S2/c19-10-3-4-13(12(6-10)18(20,21)22)24-15(25)8-27-16(26)7-11-9-29-17(23-11)14-2-1-5-28-14/h1-6,9H,7-8H2,(H,24,25). The summed E-state index contributed by atoms with van der Waals surface area (Å²) in [6, 6.07) is 6.75. The number of carbonyl (C=O) groups excluding carboxylic acids is 2. The first kappa shape index (κ1) is 21.3. The lowest BCUT2D eigenvalue weighted by atomic mass is 10.1. The number of halogens is 4. The van der Waals surface area contributed by atoms with Crippen LogP contribution < -0.4 is 5.32 Å². The van der Waals surface area contributed by atoms with E-state index in [-0.39, 0.29) is 11.4 Å². The van der Waals surface area contributed by atoms with Crippen molar-refractivity contribution in [1.82, 2.24) is 4.98 Å². The fourth-order valence-corrected chi connectivity index (χ4v) is 4.10. The van der Waals surface area contributed by atoms with E-state index in [2.05, 4.69) is 10.3 Å². The van der Waals surface area contributed by atoms with Gasteiger partial charge in [0.05, 0.1) is 28.2 Å². The summed E-state index contributed by atoms with van der Waals surface area (Å²) < 4.78 is 44.0. The van der Waals surface area contributed by atoms with Crippen molar-refractivity contribution in [3.8, 4) is 9.88 Å². The summed E-state index contributed by atoms with van der Waals surface area (Å²) in [6.45, 7) is -0.722. The number of anilines is 1. The van der Waals surface area contributed by atoms with Gasteiger partial charge >= 0.3 is 12.1 Å². The summed E-state index contributed by atoms with van der Waals surface area (Å²) in [5.74, 6) is -1.61. The van der Waals surface area contributed by atoms with Gasteiger partial charge in [-0.05, 0) is 29.6 Å². The molecule has 0 saturated carbocycles. The predicted octanol–water partition coefficient (Wildman–Crippen LogP) is 5.27. The lowest BCUT2D eigenvalue weighted by molar-refractivity contribution is -0.146. The van der Waals surface area contributed by atoms with Crippen LogP contribution >= 0.6 is 34.3 Å². The molecule has 5 nitrogen and oxygen atoms in total. The number of alkyl halides is 3. The second-order valence-corrected chi connectivity index (χ2v) is 7.94. The number of carbonyl (C=O) groups is 2. The van der Waals surface area contributed by atoms with Crippen molar-refractivity contribution in [3.63, 3.8) is 0 Å². The molecule has 2 heterocycles. The minimum Gasteiger partial charge on any atom is -0.455 e. The van der Waals surface area contributed by atoms with E-state index in [0.29, 0.717) is 11.8 Å². The first-order valence-electron chi connectivity index (χ1n) is 8.03. The fraction of sp³-hybridized carbons (Fsp3) is 0.167. The Hall–Kier alpha value is -2.43. The van der Waals surface area contributed by atoms with Crippen LogP contribution in [-0.2, 0) is 26.9 Å². The molecule has 3 rings (SSSR count). The van der Waals surface area contributed by atoms with Crippen molar-refractivity contribution < 1.29 is 27.5 Å². The van der Waals surface area contributed by atoms with Gasteiger partial charge in [0.1, 0.15) is 5.01 Å². The summed E-state index contributed by atoms with van der Waals surface area (Å²) in [6.07, 6.45) is -4.85. The molecule has 0 saturated heterocycles. The van der Waals surface area contributed by atoms with E-state index >= 15 is 0 Å². The van der Waals surface area contributed by atoms with Crippen LogP contribution in [0.2, 0.25) is 5.02 Å². The van der Waals surface area contributed by atoms with Gasteiger partial charge in [-0.25, -0.2) is 4.98 Å². The van der Waals surface area contributed by atoms with Gasteiger partial charge in [0, 0.05) is 10.4 Å². The fourth-order valence-electron chi connectivity index (χ4n) is 2.29. The van der Waals surface area contributed by atoms with Crippen molar-refractivity contribution in [2.45, 2.75) is 12.6 Å². The zero-order chi connectivity index (χ0) is 21.0. The Kier molecular flexibility index (Phi) is 6.56. The number of thiophene rings is 1. The van der Waals surface area contributed by atoms with E-state index in [1.54, 1.807) is 5.38 Å². The van der Waals surface area contributed by atoms with Crippen LogP contribution in [0.15, 0.2) is 41.1 Å². The number of nitrogens with zero attached hydrogens (tertiary/aromatic N) is 1. The van der Waals surface area contributed by atoms with Crippen molar-refractivity contribution in [1.29, 1.82) is 0 Å². The first-order chi connectivity index (χ1) is 13.7. The Bertz CT molecular complexity index is 1020. The Morgan fingerprint density at radius 1 is 1.21 bits per heavy atom. The number of benzene rings is 1. The molecule has 0 aliphatic carbocycles. The van der Waals surface area contributed by atoms with Crippen molar-refractivity contribution in [2.24, 2.45) is 0 Å². The first-order valence-corrected chi connectivity index (χ1v) is 10.2. The van der Waals surface area contributed by atoms with Crippen LogP contribution in [0.25, 0.3) is 9.88 Å². The smallest absolute Gasteiger partial charge is 0.418 e. The number of ether oxygens (including phenoxy) is 1. The van der Waals surface area contributed by atoms with Gasteiger partial charge in [-0.1, -0.05) is 17.7 Å². The van der Waals surface area contributed by atoms with E-state index in [1.807, 2.05) is 17.5 Å². The van der Waals surface area contributed by atoms with E-state index in [1.165, 1.54) is 28.7 Å². The summed E-state index contributed by atoms with van der Waals surface area (Å²) in [5, 5.41) is 6.35. The van der Waals surface area contributed by atoms with Crippen LogP contribution in [0.1, 0.15) is 11.3 Å². The normalized spacial score (nSPS) is 11.3. The zero-order valence-electron chi connectivity index (χ0n) is 14.5. The zero-order valence-corrected chi connectivity index (χ0v) is 16.8. The largest absolute Gasteiger partial charge is 0.455 e. The van der Waals surface area contributed by atoms with Gasteiger partial charge in [-0.15, -0.1) is 22.7 Å². The summed E-state index contributed by atoms with van der Waals surface area (Å²) in [7, 11) is 0. The van der Waals surface area contributed by atoms with E-state index in [0.717, 1.165) is 16.0 Å². The van der Waals surface area contributed by atoms with Crippen LogP contribution in [0, 0.1) is 0 Å². The molecule has 0 unspecified atom stereocenters. The monoisotopic (exact) mass is 460 g/mol. The van der Waals surface area contributed by atoms with Crippen molar-refractivity contribution >= 4 is 51.8 Å². The third-order valence-electron chi connectivity index (χ3n) is 3.53. The second-order valence-electron chi connectivity index (χ2n) is 5.69. The third kappa shape index (κ3) is 5.78. The molecule has 152 valence electrons. The molecule has 0 bridgehead atoms. The van der Waals surface area contributed by atoms with E-state index in [4.69, 9.17) is 16.3 Å². The van der Waals surface area contributed by atoms with Gasteiger partial charge in [0.2, 0.25) is 0 Å². The van der Waals surface area contributed by atoms with Gasteiger partial charge in [0.15, 0.2) is 6.61 Å². The number of hydrogen-bond acceptors (Lipinski definition) is 6. The third-order valence-corrected chi connectivity index (χ3v) is 5.70. The number of hydrogen-bond donors (Lipinski definition) is 1. The maximum absolute atomic E-state index is 13.0. The number of esters is 1. The quantitative estimate of drug-likeness (QED) is 0.509. The molecule has 11 heteroatoms. The van der Waals surface area contributed by atoms with Crippen LogP contribution in [-0.4, -0.2) is 23.5 Å². The molecule has 0 fully saturated rings. The van der Waals surface area contributed by atoms with Crippen molar-refractivity contribution in [3.05, 3.63) is 57.4 Å². The number of aromatic nitrogens is 1. The molecule has 1 aromatic carbocycles. The van der Waals surface area contributed by atoms with Crippen LogP contribution in [0.3, 0.4) is 0 Å². The number of amides is 1. The highest BCUT2D eigenvalue weighted by Gasteiger charge is 2.34. The van der Waals surface area contributed by atoms with E-state index in [9.17, 15) is 22.8 Å². The molecule has 0 aliphatic rings. The summed E-state index contributed by atoms with van der Waals surface area (Å²) >= 11 is 8.48. The van der Waals surface area contributed by atoms with Crippen LogP contribution in [0.4, 0.5) is 18.9 Å². The van der Waals surface area contributed by atoms with Gasteiger partial charge in [-0.2, -0.15) is 13.2 Å². The maximum Gasteiger partial charge on any atom is 0.418 e. The Labute approximate surface area is 176 Å². The maximum atomic E-state index is 13.0. The highest BCUT2D eigenvalue weighted by Crippen LogP contribution is 2.36. The highest BCUT2D eigenvalue weighted by molar-refractivity contribution is 7.20. The molecule has 3 aromatic rings. The topological polar surface area (TPSA) is 68.3 Å². The molecule has 0 spiro atoms. The molecular weight excluding hydrogens is 449 g/mol. The minimum atomic E-state index is -4.70. The molecule has 2 aromatic heterocycles. The molecule has 0 radical (unpaired) electrons. The Morgan fingerprint density at radius 3 is 2.69 bits per heavy atom. The molecule has 1 N–H and O–H groups in total. The van der Waals surface area contributed by atoms with Gasteiger partial charge in [0.25, 0.3) is 5.91 Å². The van der Waals surface area contributed by atoms with Crippen LogP contribution in [0.5, 0.6) is 0 Å². The lowest BCUT2D eigenvalue weighted by Crippen LogP contribution is -2.23. The SMILES string of the molecule is O=C(COC(=O)Cc1csc(-c2cccs2)n1)Nc1ccc(Cl)cc1C(F)(F)F. The molecule has 1 amide bonds. The molecule has 0 aliphatic heterocycles. The predicted molar refractivity (Wildman–Crippen MR) is 105 cm³/mol. The molecule has 29 heavy (non-hydrogen) atoms. The van der Waals surface area contributed by atoms with Gasteiger partial charge < -0.3 is 10.1 Å². The molecule has 0 atom stereocenters. The highest BCUT2D eigenvalue weighted by atomic mass is 35.5. The van der Waals surface area contributed by atoms with Crippen molar-refractivity contribution in [2.75, 3.05) is 11.9 Å². The number of thiazole rings is 1. The average Bonchev–Trinajstić information content (AvgIpc) is 3.32. The summed E-state index contributed by atoms with van der Waals surface area (Å²) in [5.41, 5.74) is -1.07. The van der Waals surface area contributed by atoms with Gasteiger partial charge in [-0.3, -0.25) is 9.59 Å². The minimum absolute atomic E-state index is 0.119.